The summed E-state index contributed by atoms with van der Waals surface area (Å²) in [6.07, 6.45) is -7.59. The highest BCUT2D eigenvalue weighted by atomic mass is 79.9. The number of alkyl halides is 5. The Morgan fingerprint density at radius 1 is 0.886 bits per heavy atom. The van der Waals surface area contributed by atoms with Crippen LogP contribution in [0, 0.1) is 5.41 Å². The summed E-state index contributed by atoms with van der Waals surface area (Å²) < 4.78 is 76.2. The Labute approximate surface area is 262 Å². The van der Waals surface area contributed by atoms with Crippen LogP contribution in [0.5, 0.6) is 11.5 Å². The van der Waals surface area contributed by atoms with E-state index in [0.717, 1.165) is 13.8 Å². The Bertz CT molecular complexity index is 1550. The highest BCUT2D eigenvalue weighted by molar-refractivity contribution is 9.10. The molecule has 0 atom stereocenters. The third-order valence-electron chi connectivity index (χ3n) is 6.26. The second-order valence-electron chi connectivity index (χ2n) is 9.79. The van der Waals surface area contributed by atoms with E-state index in [1.807, 2.05) is 0 Å². The van der Waals surface area contributed by atoms with Crippen molar-refractivity contribution in [2.45, 2.75) is 33.0 Å². The molecule has 0 fully saturated rings. The summed E-state index contributed by atoms with van der Waals surface area (Å²) in [5.41, 5.74) is -2.23. The standard InChI is InChI=1S/C29H26BrClF5N3O5/c1-28(2,29(34,35)36)27(42)37-13-15-4-8-21(31)18(10-15)25(40)38-16-6-9-22(44-14-24(32)33)19(11-16)26(41)39-17-5-7-20(30)23(12-17)43-3/h4-12,24H,13-14H2,1-3H3,(H,37,42)(H,38,40)(H,39,41). The van der Waals surface area contributed by atoms with Crippen LogP contribution in [-0.2, 0) is 11.3 Å². The van der Waals surface area contributed by atoms with Gasteiger partial charge < -0.3 is 25.4 Å². The highest BCUT2D eigenvalue weighted by Crippen LogP contribution is 2.37. The fraction of sp³-hybridized carbons (Fsp3) is 0.276. The zero-order chi connectivity index (χ0) is 32.8. The number of carbonyl (C=O) groups excluding carboxylic acids is 3. The minimum atomic E-state index is -4.77. The van der Waals surface area contributed by atoms with E-state index >= 15 is 0 Å². The fourth-order valence-electron chi connectivity index (χ4n) is 3.59. The van der Waals surface area contributed by atoms with E-state index < -0.39 is 42.3 Å². The van der Waals surface area contributed by atoms with Crippen molar-refractivity contribution >= 4 is 56.6 Å². The van der Waals surface area contributed by atoms with Gasteiger partial charge in [0.25, 0.3) is 18.2 Å². The molecule has 0 spiro atoms. The van der Waals surface area contributed by atoms with Crippen LogP contribution in [0.4, 0.5) is 33.3 Å². The van der Waals surface area contributed by atoms with Crippen molar-refractivity contribution in [3.8, 4) is 11.5 Å². The Morgan fingerprint density at radius 3 is 2.11 bits per heavy atom. The molecule has 3 aromatic rings. The van der Waals surface area contributed by atoms with Gasteiger partial charge in [0.15, 0.2) is 0 Å². The van der Waals surface area contributed by atoms with Gasteiger partial charge >= 0.3 is 6.18 Å². The molecule has 0 aliphatic rings. The lowest BCUT2D eigenvalue weighted by Crippen LogP contribution is -2.46. The maximum atomic E-state index is 13.2. The summed E-state index contributed by atoms with van der Waals surface area (Å²) in [6, 6.07) is 12.5. The number of hydrogen-bond acceptors (Lipinski definition) is 5. The van der Waals surface area contributed by atoms with Gasteiger partial charge in [-0.2, -0.15) is 13.2 Å². The van der Waals surface area contributed by atoms with E-state index in [9.17, 15) is 36.3 Å². The van der Waals surface area contributed by atoms with E-state index in [1.165, 1.54) is 49.6 Å². The number of nitrogens with one attached hydrogen (secondary N) is 3. The van der Waals surface area contributed by atoms with Crippen LogP contribution in [0.15, 0.2) is 59.1 Å². The van der Waals surface area contributed by atoms with Crippen LogP contribution >= 0.6 is 27.5 Å². The third kappa shape index (κ3) is 8.59. The van der Waals surface area contributed by atoms with E-state index in [0.29, 0.717) is 15.9 Å². The molecule has 0 heterocycles. The molecular formula is C29H26BrClF5N3O5. The molecule has 0 saturated carbocycles. The van der Waals surface area contributed by atoms with E-state index in [1.54, 1.807) is 12.1 Å². The minimum Gasteiger partial charge on any atom is -0.495 e. The van der Waals surface area contributed by atoms with Crippen molar-refractivity contribution in [3.05, 3.63) is 80.8 Å². The van der Waals surface area contributed by atoms with Crippen molar-refractivity contribution in [1.29, 1.82) is 0 Å². The van der Waals surface area contributed by atoms with Crippen LogP contribution in [0.3, 0.4) is 0 Å². The van der Waals surface area contributed by atoms with Gasteiger partial charge in [0.1, 0.15) is 23.5 Å². The number of anilines is 2. The molecule has 3 N–H and O–H groups in total. The molecular weight excluding hydrogens is 681 g/mol. The van der Waals surface area contributed by atoms with E-state index in [2.05, 4.69) is 31.9 Å². The quantitative estimate of drug-likeness (QED) is 0.180. The smallest absolute Gasteiger partial charge is 0.402 e. The first-order chi connectivity index (χ1) is 20.5. The van der Waals surface area contributed by atoms with Gasteiger partial charge in [-0.25, -0.2) is 8.78 Å². The summed E-state index contributed by atoms with van der Waals surface area (Å²) >= 11 is 9.49. The number of hydrogen-bond donors (Lipinski definition) is 3. The largest absolute Gasteiger partial charge is 0.495 e. The topological polar surface area (TPSA) is 106 Å². The van der Waals surface area contributed by atoms with Crippen LogP contribution in [0.25, 0.3) is 0 Å². The van der Waals surface area contributed by atoms with Crippen molar-refractivity contribution < 1.29 is 45.8 Å². The Kier molecular flexibility index (Phi) is 11.2. The summed E-state index contributed by atoms with van der Waals surface area (Å²) in [6.45, 7) is 0.183. The van der Waals surface area contributed by atoms with Gasteiger partial charge in [-0.1, -0.05) is 17.7 Å². The average Bonchev–Trinajstić information content (AvgIpc) is 2.95. The zero-order valence-corrected chi connectivity index (χ0v) is 25.7. The molecule has 0 saturated heterocycles. The molecule has 0 aliphatic heterocycles. The summed E-state index contributed by atoms with van der Waals surface area (Å²) in [5.74, 6) is -2.52. The second-order valence-corrected chi connectivity index (χ2v) is 11.1. The predicted molar refractivity (Wildman–Crippen MR) is 158 cm³/mol. The predicted octanol–water partition coefficient (Wildman–Crippen LogP) is 7.46. The Balaban J connectivity index is 1.83. The lowest BCUT2D eigenvalue weighted by atomic mass is 9.91. The molecule has 3 rings (SSSR count). The molecule has 3 aromatic carbocycles. The monoisotopic (exact) mass is 705 g/mol. The molecule has 8 nitrogen and oxygen atoms in total. The maximum absolute atomic E-state index is 13.2. The van der Waals surface area contributed by atoms with Gasteiger partial charge in [-0.15, -0.1) is 0 Å². The lowest BCUT2D eigenvalue weighted by Gasteiger charge is -2.26. The number of amides is 3. The number of rotatable bonds is 11. The zero-order valence-electron chi connectivity index (χ0n) is 23.4. The van der Waals surface area contributed by atoms with Crippen LogP contribution in [-0.4, -0.2) is 44.0 Å². The van der Waals surface area contributed by atoms with E-state index in [4.69, 9.17) is 21.1 Å². The molecule has 44 heavy (non-hydrogen) atoms. The van der Waals surface area contributed by atoms with Crippen LogP contribution in [0.2, 0.25) is 5.02 Å². The number of methoxy groups -OCH3 is 1. The summed E-state index contributed by atoms with van der Waals surface area (Å²) in [5, 5.41) is 7.35. The van der Waals surface area contributed by atoms with Crippen LogP contribution < -0.4 is 25.4 Å². The first-order valence-electron chi connectivity index (χ1n) is 12.7. The third-order valence-corrected chi connectivity index (χ3v) is 7.25. The Hall–Kier alpha value is -3.91. The summed E-state index contributed by atoms with van der Waals surface area (Å²) in [4.78, 5) is 38.4. The second kappa shape index (κ2) is 14.2. The molecule has 0 aromatic heterocycles. The van der Waals surface area contributed by atoms with Crippen molar-refractivity contribution in [3.63, 3.8) is 0 Å². The van der Waals surface area contributed by atoms with Crippen LogP contribution in [0.1, 0.15) is 40.1 Å². The molecule has 236 valence electrons. The first-order valence-corrected chi connectivity index (χ1v) is 13.8. The maximum Gasteiger partial charge on any atom is 0.402 e. The summed E-state index contributed by atoms with van der Waals surface area (Å²) in [7, 11) is 1.43. The normalized spacial score (nSPS) is 11.6. The number of halogens is 7. The Morgan fingerprint density at radius 2 is 1.50 bits per heavy atom. The minimum absolute atomic E-state index is 0.00719. The highest BCUT2D eigenvalue weighted by Gasteiger charge is 2.52. The number of ether oxygens (including phenoxy) is 2. The average molecular weight is 707 g/mol. The van der Waals surface area contributed by atoms with Crippen molar-refractivity contribution in [2.75, 3.05) is 24.4 Å². The van der Waals surface area contributed by atoms with Gasteiger partial charge in [-0.3, -0.25) is 14.4 Å². The fourth-order valence-corrected chi connectivity index (χ4v) is 4.20. The molecule has 15 heteroatoms. The van der Waals surface area contributed by atoms with E-state index in [-0.39, 0.29) is 39.7 Å². The number of benzene rings is 3. The van der Waals surface area contributed by atoms with Crippen molar-refractivity contribution in [2.24, 2.45) is 5.41 Å². The molecule has 0 radical (unpaired) electrons. The van der Waals surface area contributed by atoms with Gasteiger partial charge in [-0.05, 0) is 77.8 Å². The van der Waals surface area contributed by atoms with Gasteiger partial charge in [0.2, 0.25) is 5.91 Å². The first kappa shape index (κ1) is 34.6. The van der Waals surface area contributed by atoms with Gasteiger partial charge in [0, 0.05) is 24.0 Å². The lowest BCUT2D eigenvalue weighted by molar-refractivity contribution is -0.211. The molecule has 0 unspecified atom stereocenters. The molecule has 3 amide bonds. The van der Waals surface area contributed by atoms with Crippen molar-refractivity contribution in [1.82, 2.24) is 5.32 Å². The molecule has 0 bridgehead atoms. The SMILES string of the molecule is COc1cc(NC(=O)c2cc(NC(=O)c3cc(CNC(=O)C(C)(C)C(F)(F)F)ccc3Cl)ccc2OCC(F)F)ccc1Br. The van der Waals surface area contributed by atoms with Gasteiger partial charge in [0.05, 0.1) is 27.7 Å². The number of carbonyl (C=O) groups is 3. The molecule has 0 aliphatic carbocycles.